The molecule has 1 saturated heterocycles. The summed E-state index contributed by atoms with van der Waals surface area (Å²) in [4.78, 5) is 17.1. The van der Waals surface area contributed by atoms with E-state index in [4.69, 9.17) is 0 Å². The maximum Gasteiger partial charge on any atom is 0.265 e. The highest BCUT2D eigenvalue weighted by Gasteiger charge is 2.35. The number of aromatic amines is 1. The number of H-pyrrole nitrogens is 1. The number of fused-ring (bicyclic) bond motifs is 1. The quantitative estimate of drug-likeness (QED) is 0.624. The van der Waals surface area contributed by atoms with Gasteiger partial charge in [0.1, 0.15) is 11.6 Å². The third-order valence-corrected chi connectivity index (χ3v) is 5.17. The molecule has 1 fully saturated rings. The first-order valence-corrected chi connectivity index (χ1v) is 9.00. The maximum absolute atomic E-state index is 14.0. The fourth-order valence-corrected chi connectivity index (χ4v) is 3.75. The molecule has 1 aromatic heterocycles. The predicted molar refractivity (Wildman–Crippen MR) is 101 cm³/mol. The molecular weight excluding hydrogens is 372 g/mol. The molecular formula is C21H18F4N2O. The van der Waals surface area contributed by atoms with Crippen LogP contribution >= 0.6 is 0 Å². The van der Waals surface area contributed by atoms with Crippen LogP contribution in [0.3, 0.4) is 0 Å². The number of piperidine rings is 1. The van der Waals surface area contributed by atoms with Gasteiger partial charge < -0.3 is 9.88 Å². The van der Waals surface area contributed by atoms with Crippen molar-refractivity contribution in [2.45, 2.75) is 25.7 Å². The molecule has 0 aliphatic carbocycles. The van der Waals surface area contributed by atoms with Gasteiger partial charge in [0, 0.05) is 30.3 Å². The SMILES string of the molecule is Cc1c(-c2ccc(N3CCCC(F)(F)C3)cc2)[nH]c2cc(F)cc(F)c2c1=O. The first-order chi connectivity index (χ1) is 13.2. The normalized spacial score (nSPS) is 16.5. The van der Waals surface area contributed by atoms with Crippen molar-refractivity contribution in [2.75, 3.05) is 18.0 Å². The van der Waals surface area contributed by atoms with Gasteiger partial charge >= 0.3 is 0 Å². The van der Waals surface area contributed by atoms with E-state index in [9.17, 15) is 22.4 Å². The topological polar surface area (TPSA) is 36.1 Å². The van der Waals surface area contributed by atoms with Crippen molar-refractivity contribution >= 4 is 16.6 Å². The summed E-state index contributed by atoms with van der Waals surface area (Å²) in [6.07, 6.45) is 0.315. The molecule has 28 heavy (non-hydrogen) atoms. The molecule has 1 aliphatic heterocycles. The minimum Gasteiger partial charge on any atom is -0.365 e. The molecule has 0 saturated carbocycles. The summed E-state index contributed by atoms with van der Waals surface area (Å²) >= 11 is 0. The van der Waals surface area contributed by atoms with E-state index in [1.807, 2.05) is 0 Å². The van der Waals surface area contributed by atoms with Gasteiger partial charge in [-0.2, -0.15) is 0 Å². The molecule has 0 bridgehead atoms. The van der Waals surface area contributed by atoms with Crippen LogP contribution in [0.25, 0.3) is 22.2 Å². The minimum atomic E-state index is -2.70. The van der Waals surface area contributed by atoms with Crippen LogP contribution in [0.2, 0.25) is 0 Å². The monoisotopic (exact) mass is 390 g/mol. The second-order valence-electron chi connectivity index (χ2n) is 7.19. The fraction of sp³-hybridized carbons (Fsp3) is 0.286. The van der Waals surface area contributed by atoms with Crippen LogP contribution in [0.5, 0.6) is 0 Å². The maximum atomic E-state index is 14.0. The molecule has 0 spiro atoms. The van der Waals surface area contributed by atoms with Gasteiger partial charge in [-0.1, -0.05) is 12.1 Å². The standard InChI is InChI=1S/C21H18F4N2O/c1-12-19(26-17-10-14(22)9-16(23)18(17)20(12)28)13-3-5-15(6-4-13)27-8-2-7-21(24,25)11-27/h3-6,9-10H,2,7-8,11H2,1H3,(H,26,28). The number of hydrogen-bond acceptors (Lipinski definition) is 2. The Morgan fingerprint density at radius 3 is 2.50 bits per heavy atom. The summed E-state index contributed by atoms with van der Waals surface area (Å²) in [5, 5.41) is -0.185. The lowest BCUT2D eigenvalue weighted by Gasteiger charge is -2.34. The summed E-state index contributed by atoms with van der Waals surface area (Å²) in [6, 6.07) is 8.60. The number of nitrogens with zero attached hydrogens (tertiary/aromatic N) is 1. The molecule has 0 unspecified atom stereocenters. The summed E-state index contributed by atoms with van der Waals surface area (Å²) in [5.74, 6) is -4.39. The van der Waals surface area contributed by atoms with Crippen molar-refractivity contribution in [1.82, 2.24) is 4.98 Å². The Bertz CT molecular complexity index is 1110. The summed E-state index contributed by atoms with van der Waals surface area (Å²) in [6.45, 7) is 1.80. The van der Waals surface area contributed by atoms with Crippen LogP contribution in [-0.2, 0) is 0 Å². The van der Waals surface area contributed by atoms with E-state index in [-0.39, 0.29) is 23.9 Å². The minimum absolute atomic E-state index is 0.0721. The Morgan fingerprint density at radius 2 is 1.82 bits per heavy atom. The van der Waals surface area contributed by atoms with Gasteiger partial charge in [0.25, 0.3) is 5.92 Å². The van der Waals surface area contributed by atoms with Crippen molar-refractivity contribution in [2.24, 2.45) is 0 Å². The first kappa shape index (κ1) is 18.5. The third kappa shape index (κ3) is 3.25. The highest BCUT2D eigenvalue weighted by atomic mass is 19.3. The summed E-state index contributed by atoms with van der Waals surface area (Å²) in [7, 11) is 0. The van der Waals surface area contributed by atoms with Gasteiger partial charge in [-0.25, -0.2) is 17.6 Å². The number of hydrogen-bond donors (Lipinski definition) is 1. The summed E-state index contributed by atoms with van der Waals surface area (Å²) < 4.78 is 54.9. The van der Waals surface area contributed by atoms with Crippen LogP contribution in [0, 0.1) is 18.6 Å². The van der Waals surface area contributed by atoms with Crippen LogP contribution in [0.4, 0.5) is 23.2 Å². The van der Waals surface area contributed by atoms with Crippen LogP contribution < -0.4 is 10.3 Å². The van der Waals surface area contributed by atoms with Crippen molar-refractivity contribution in [3.05, 3.63) is 63.8 Å². The van der Waals surface area contributed by atoms with Crippen molar-refractivity contribution in [1.29, 1.82) is 0 Å². The average Bonchev–Trinajstić information content (AvgIpc) is 2.63. The number of aromatic nitrogens is 1. The lowest BCUT2D eigenvalue weighted by atomic mass is 10.0. The Kier molecular flexibility index (Phi) is 4.40. The molecule has 2 heterocycles. The Balaban J connectivity index is 1.74. The Hall–Kier alpha value is -2.83. The lowest BCUT2D eigenvalue weighted by Crippen LogP contribution is -2.42. The number of pyridine rings is 1. The van der Waals surface area contributed by atoms with Gasteiger partial charge in [0.05, 0.1) is 23.1 Å². The Labute approximate surface area is 158 Å². The fourth-order valence-electron chi connectivity index (χ4n) is 3.75. The zero-order chi connectivity index (χ0) is 20.1. The highest BCUT2D eigenvalue weighted by molar-refractivity contribution is 5.84. The van der Waals surface area contributed by atoms with Gasteiger partial charge in [0.2, 0.25) is 0 Å². The van der Waals surface area contributed by atoms with Crippen LogP contribution in [0.15, 0.2) is 41.2 Å². The van der Waals surface area contributed by atoms with Crippen LogP contribution in [-0.4, -0.2) is 24.0 Å². The molecule has 4 rings (SSSR count). The van der Waals surface area contributed by atoms with Gasteiger partial charge in [-0.15, -0.1) is 0 Å². The van der Waals surface area contributed by atoms with Crippen molar-refractivity contribution < 1.29 is 17.6 Å². The molecule has 0 amide bonds. The largest absolute Gasteiger partial charge is 0.365 e. The molecule has 7 heteroatoms. The smallest absolute Gasteiger partial charge is 0.265 e. The number of nitrogens with one attached hydrogen (secondary N) is 1. The molecule has 0 atom stereocenters. The van der Waals surface area contributed by atoms with Gasteiger partial charge in [0.15, 0.2) is 5.43 Å². The second-order valence-corrected chi connectivity index (χ2v) is 7.19. The van der Waals surface area contributed by atoms with E-state index in [1.54, 1.807) is 36.1 Å². The highest BCUT2D eigenvalue weighted by Crippen LogP contribution is 2.31. The van der Waals surface area contributed by atoms with E-state index in [1.165, 1.54) is 0 Å². The number of anilines is 1. The molecule has 0 radical (unpaired) electrons. The predicted octanol–water partition coefficient (Wildman–Crippen LogP) is 5.02. The van der Waals surface area contributed by atoms with Crippen molar-refractivity contribution in [3.63, 3.8) is 0 Å². The molecule has 3 nitrogen and oxygen atoms in total. The number of halogens is 4. The summed E-state index contributed by atoms with van der Waals surface area (Å²) in [5.41, 5.74) is 1.60. The number of benzene rings is 2. The van der Waals surface area contributed by atoms with E-state index < -0.39 is 23.0 Å². The van der Waals surface area contributed by atoms with E-state index in [0.29, 0.717) is 41.5 Å². The van der Waals surface area contributed by atoms with Crippen molar-refractivity contribution in [3.8, 4) is 11.3 Å². The molecule has 2 aromatic carbocycles. The van der Waals surface area contributed by atoms with E-state index in [2.05, 4.69) is 4.98 Å². The van der Waals surface area contributed by atoms with E-state index in [0.717, 1.165) is 6.07 Å². The second kappa shape index (κ2) is 6.65. The molecule has 3 aromatic rings. The lowest BCUT2D eigenvalue weighted by molar-refractivity contribution is -0.0116. The van der Waals surface area contributed by atoms with E-state index >= 15 is 0 Å². The first-order valence-electron chi connectivity index (χ1n) is 9.00. The third-order valence-electron chi connectivity index (χ3n) is 5.17. The molecule has 146 valence electrons. The number of alkyl halides is 2. The zero-order valence-electron chi connectivity index (χ0n) is 15.2. The molecule has 1 N–H and O–H groups in total. The molecule has 1 aliphatic rings. The Morgan fingerprint density at radius 1 is 1.11 bits per heavy atom. The number of rotatable bonds is 2. The average molecular weight is 390 g/mol. The van der Waals surface area contributed by atoms with Gasteiger partial charge in [-0.3, -0.25) is 4.79 Å². The van der Waals surface area contributed by atoms with Crippen LogP contribution in [0.1, 0.15) is 18.4 Å². The van der Waals surface area contributed by atoms with Gasteiger partial charge in [-0.05, 0) is 37.1 Å². The zero-order valence-corrected chi connectivity index (χ0v) is 15.2.